The van der Waals surface area contributed by atoms with Gasteiger partial charge < -0.3 is 14.2 Å². The molecule has 0 unspecified atom stereocenters. The lowest BCUT2D eigenvalue weighted by Crippen LogP contribution is -2.29. The fourth-order valence-corrected chi connectivity index (χ4v) is 1.85. The molecular formula is C14H20O5. The van der Waals surface area contributed by atoms with Crippen LogP contribution in [0.2, 0.25) is 0 Å². The molecular weight excluding hydrogens is 248 g/mol. The number of ether oxygens (including phenoxy) is 3. The van der Waals surface area contributed by atoms with Crippen LogP contribution in [0.15, 0.2) is 24.8 Å². The van der Waals surface area contributed by atoms with E-state index in [1.807, 2.05) is 0 Å². The molecule has 0 aromatic rings. The molecule has 19 heavy (non-hydrogen) atoms. The molecule has 1 heterocycles. The van der Waals surface area contributed by atoms with Crippen LogP contribution in [0.3, 0.4) is 0 Å². The number of rotatable bonds is 6. The molecule has 0 aliphatic carbocycles. The first-order valence-corrected chi connectivity index (χ1v) is 6.25. The number of hydrogen-bond donors (Lipinski definition) is 0. The monoisotopic (exact) mass is 268 g/mol. The van der Waals surface area contributed by atoms with Crippen LogP contribution in [0.25, 0.3) is 0 Å². The van der Waals surface area contributed by atoms with E-state index in [0.717, 1.165) is 0 Å². The molecule has 1 rings (SSSR count). The molecule has 1 saturated heterocycles. The average Bonchev–Trinajstić information content (AvgIpc) is 2.64. The summed E-state index contributed by atoms with van der Waals surface area (Å²) in [5.41, 5.74) is 0. The molecule has 0 saturated carbocycles. The summed E-state index contributed by atoms with van der Waals surface area (Å²) in [5, 5.41) is 0. The smallest absolute Gasteiger partial charge is 0.330 e. The van der Waals surface area contributed by atoms with Crippen LogP contribution in [0, 0.1) is 0 Å². The maximum absolute atomic E-state index is 11.7. The van der Waals surface area contributed by atoms with E-state index in [-0.39, 0.29) is 5.78 Å². The molecule has 5 heteroatoms. The van der Waals surface area contributed by atoms with Gasteiger partial charge in [0.05, 0.1) is 12.7 Å². The molecule has 1 aliphatic rings. The van der Waals surface area contributed by atoms with Gasteiger partial charge in [-0.05, 0) is 33.3 Å². The van der Waals surface area contributed by atoms with Crippen molar-refractivity contribution >= 4 is 11.8 Å². The van der Waals surface area contributed by atoms with Gasteiger partial charge in [-0.2, -0.15) is 0 Å². The van der Waals surface area contributed by atoms with Crippen molar-refractivity contribution in [3.8, 4) is 0 Å². The third kappa shape index (κ3) is 4.61. The lowest BCUT2D eigenvalue weighted by molar-refractivity contribution is -0.152. The third-order valence-corrected chi connectivity index (χ3v) is 2.57. The fraction of sp³-hybridized carbons (Fsp3) is 0.571. The van der Waals surface area contributed by atoms with Gasteiger partial charge in [-0.1, -0.05) is 12.7 Å². The van der Waals surface area contributed by atoms with Gasteiger partial charge in [-0.3, -0.25) is 4.79 Å². The molecule has 0 aromatic heterocycles. The lowest BCUT2D eigenvalue weighted by atomic mass is 10.1. The number of carbonyl (C=O) groups is 2. The Hall–Kier alpha value is -1.46. The molecule has 2 atom stereocenters. The Morgan fingerprint density at radius 1 is 1.37 bits per heavy atom. The average molecular weight is 268 g/mol. The van der Waals surface area contributed by atoms with Crippen molar-refractivity contribution in [2.45, 2.75) is 45.2 Å². The molecule has 0 bridgehead atoms. The van der Waals surface area contributed by atoms with E-state index in [0.29, 0.717) is 13.0 Å². The number of esters is 1. The summed E-state index contributed by atoms with van der Waals surface area (Å²) in [4.78, 5) is 22.8. The highest BCUT2D eigenvalue weighted by Crippen LogP contribution is 2.30. The van der Waals surface area contributed by atoms with Crippen molar-refractivity contribution in [3.63, 3.8) is 0 Å². The van der Waals surface area contributed by atoms with Gasteiger partial charge in [0.2, 0.25) is 0 Å². The highest BCUT2D eigenvalue weighted by Gasteiger charge is 2.43. The maximum Gasteiger partial charge on any atom is 0.330 e. The van der Waals surface area contributed by atoms with Gasteiger partial charge >= 0.3 is 5.97 Å². The predicted octanol–water partition coefficient (Wildman–Crippen LogP) is 1.77. The largest absolute Gasteiger partial charge is 0.463 e. The van der Waals surface area contributed by atoms with Gasteiger partial charge in [0.1, 0.15) is 6.10 Å². The van der Waals surface area contributed by atoms with E-state index in [1.54, 1.807) is 26.8 Å². The van der Waals surface area contributed by atoms with E-state index < -0.39 is 24.0 Å². The van der Waals surface area contributed by atoms with Crippen LogP contribution in [0.5, 0.6) is 0 Å². The first-order valence-electron chi connectivity index (χ1n) is 6.25. The summed E-state index contributed by atoms with van der Waals surface area (Å²) in [7, 11) is 0. The van der Waals surface area contributed by atoms with E-state index in [1.165, 1.54) is 12.2 Å². The summed E-state index contributed by atoms with van der Waals surface area (Å²) < 4.78 is 15.9. The minimum Gasteiger partial charge on any atom is -0.463 e. The van der Waals surface area contributed by atoms with Crippen molar-refractivity contribution in [2.24, 2.45) is 0 Å². The maximum atomic E-state index is 11.7. The Kier molecular flexibility index (Phi) is 5.44. The van der Waals surface area contributed by atoms with Gasteiger partial charge in [-0.15, -0.1) is 0 Å². The van der Waals surface area contributed by atoms with Crippen molar-refractivity contribution in [1.82, 2.24) is 0 Å². The third-order valence-electron chi connectivity index (χ3n) is 2.57. The SMILES string of the molecule is C=CC(=O)[C@@H]1OC(C)(C)O[C@@H]1C/C=C/C(=O)OCC. The molecule has 0 spiro atoms. The van der Waals surface area contributed by atoms with Gasteiger partial charge in [-0.25, -0.2) is 4.79 Å². The Morgan fingerprint density at radius 3 is 2.63 bits per heavy atom. The minimum absolute atomic E-state index is 0.222. The van der Waals surface area contributed by atoms with E-state index in [2.05, 4.69) is 6.58 Å². The van der Waals surface area contributed by atoms with Gasteiger partial charge in [0.25, 0.3) is 0 Å². The summed E-state index contributed by atoms with van der Waals surface area (Å²) in [6, 6.07) is 0. The molecule has 5 nitrogen and oxygen atoms in total. The van der Waals surface area contributed by atoms with Crippen molar-refractivity contribution in [1.29, 1.82) is 0 Å². The Labute approximate surface area is 113 Å². The van der Waals surface area contributed by atoms with E-state index in [4.69, 9.17) is 14.2 Å². The topological polar surface area (TPSA) is 61.8 Å². The zero-order valence-corrected chi connectivity index (χ0v) is 11.5. The number of ketones is 1. The molecule has 0 radical (unpaired) electrons. The molecule has 1 aliphatic heterocycles. The highest BCUT2D eigenvalue weighted by molar-refractivity contribution is 5.93. The molecule has 106 valence electrons. The number of carbonyl (C=O) groups excluding carboxylic acids is 2. The number of hydrogen-bond acceptors (Lipinski definition) is 5. The quantitative estimate of drug-likeness (QED) is 0.542. The summed E-state index contributed by atoms with van der Waals surface area (Å²) in [6.45, 7) is 8.99. The van der Waals surface area contributed by atoms with Crippen LogP contribution >= 0.6 is 0 Å². The molecule has 0 amide bonds. The fourth-order valence-electron chi connectivity index (χ4n) is 1.85. The normalized spacial score (nSPS) is 25.4. The summed E-state index contributed by atoms with van der Waals surface area (Å²) in [5.74, 6) is -1.45. The second kappa shape index (κ2) is 6.63. The second-order valence-electron chi connectivity index (χ2n) is 4.59. The zero-order chi connectivity index (χ0) is 14.5. The van der Waals surface area contributed by atoms with Crippen molar-refractivity contribution in [3.05, 3.63) is 24.8 Å². The Balaban J connectivity index is 2.62. The van der Waals surface area contributed by atoms with E-state index >= 15 is 0 Å². The minimum atomic E-state index is -0.814. The van der Waals surface area contributed by atoms with Crippen LogP contribution in [-0.2, 0) is 23.8 Å². The van der Waals surface area contributed by atoms with Gasteiger partial charge in [0.15, 0.2) is 11.6 Å². The Bertz CT molecular complexity index is 383. The first kappa shape index (κ1) is 15.6. The van der Waals surface area contributed by atoms with Crippen molar-refractivity contribution in [2.75, 3.05) is 6.61 Å². The van der Waals surface area contributed by atoms with Crippen LogP contribution < -0.4 is 0 Å². The Morgan fingerprint density at radius 2 is 2.05 bits per heavy atom. The lowest BCUT2D eigenvalue weighted by Gasteiger charge is -2.16. The molecule has 0 N–H and O–H groups in total. The molecule has 0 aromatic carbocycles. The summed E-state index contributed by atoms with van der Waals surface area (Å²) >= 11 is 0. The van der Waals surface area contributed by atoms with Crippen LogP contribution in [-0.4, -0.2) is 36.4 Å². The van der Waals surface area contributed by atoms with Crippen LogP contribution in [0.4, 0.5) is 0 Å². The standard InChI is InChI=1S/C14H20O5/c1-5-10(15)13-11(18-14(3,4)19-13)8-7-9-12(16)17-6-2/h5,7,9,11,13H,1,6,8H2,2-4H3/b9-7+/t11-,13+/m1/s1. The molecule has 1 fully saturated rings. The zero-order valence-electron chi connectivity index (χ0n) is 11.5. The predicted molar refractivity (Wildman–Crippen MR) is 69.4 cm³/mol. The van der Waals surface area contributed by atoms with Gasteiger partial charge in [0, 0.05) is 6.08 Å². The highest BCUT2D eigenvalue weighted by atomic mass is 16.8. The second-order valence-corrected chi connectivity index (χ2v) is 4.59. The first-order chi connectivity index (χ1) is 8.89. The van der Waals surface area contributed by atoms with Crippen molar-refractivity contribution < 1.29 is 23.8 Å². The summed E-state index contributed by atoms with van der Waals surface area (Å²) in [6.07, 6.45) is 3.46. The van der Waals surface area contributed by atoms with Crippen LogP contribution in [0.1, 0.15) is 27.2 Å². The van der Waals surface area contributed by atoms with E-state index in [9.17, 15) is 9.59 Å².